The quantitative estimate of drug-likeness (QED) is 0.834. The molecule has 1 aromatic heterocycles. The molecule has 5 nitrogen and oxygen atoms in total. The van der Waals surface area contributed by atoms with E-state index < -0.39 is 11.6 Å². The lowest BCUT2D eigenvalue weighted by Gasteiger charge is -2.11. The molecule has 0 saturated heterocycles. The summed E-state index contributed by atoms with van der Waals surface area (Å²) in [5, 5.41) is 0. The van der Waals surface area contributed by atoms with Crippen molar-refractivity contribution in [1.29, 1.82) is 0 Å². The number of halogens is 2. The van der Waals surface area contributed by atoms with Crippen LogP contribution < -0.4 is 20.7 Å². The Kier molecular flexibility index (Phi) is 4.02. The molecule has 20 heavy (non-hydrogen) atoms. The second kappa shape index (κ2) is 5.73. The lowest BCUT2D eigenvalue weighted by atomic mass is 9.90. The summed E-state index contributed by atoms with van der Waals surface area (Å²) >= 11 is 0. The van der Waals surface area contributed by atoms with E-state index in [2.05, 4.69) is 9.97 Å². The van der Waals surface area contributed by atoms with Crippen LogP contribution in [-0.4, -0.2) is 24.9 Å². The van der Waals surface area contributed by atoms with Crippen LogP contribution in [0.2, 0.25) is 0 Å². The Morgan fingerprint density at radius 3 is 2.75 bits per heavy atom. The number of aromatic nitrogens is 2. The van der Waals surface area contributed by atoms with Crippen molar-refractivity contribution in [3.63, 3.8) is 0 Å². The summed E-state index contributed by atoms with van der Waals surface area (Å²) in [6.07, 6.45) is 0.864. The molecule has 2 N–H and O–H groups in total. The van der Waals surface area contributed by atoms with E-state index in [1.807, 2.05) is 0 Å². The topological polar surface area (TPSA) is 70.3 Å². The van der Waals surface area contributed by atoms with Gasteiger partial charge in [0, 0.05) is 5.56 Å². The van der Waals surface area contributed by atoms with Crippen molar-refractivity contribution < 1.29 is 18.3 Å². The number of methoxy groups -OCH3 is 1. The molecule has 2 aromatic rings. The van der Waals surface area contributed by atoms with Gasteiger partial charge in [0.25, 0.3) is 0 Å². The molecule has 0 saturated carbocycles. The molecule has 0 spiro atoms. The molecule has 2 rings (SSSR count). The SMILES string of the molecule is [B]c1ccc(OC)c(F)c1COc1ncc(F)c(N)n1. The standard InChI is InChI=1S/C12H10BF2N3O2/c1-19-9-3-2-7(13)6(10(9)15)5-20-12-17-4-8(14)11(16)18-12/h2-4H,5H2,1H3,(H2,16,17,18). The van der Waals surface area contributed by atoms with Crippen LogP contribution in [0.3, 0.4) is 0 Å². The summed E-state index contributed by atoms with van der Waals surface area (Å²) in [5.74, 6) is -1.71. The monoisotopic (exact) mass is 277 g/mol. The summed E-state index contributed by atoms with van der Waals surface area (Å²) in [4.78, 5) is 7.14. The average molecular weight is 277 g/mol. The first-order valence-electron chi connectivity index (χ1n) is 5.54. The summed E-state index contributed by atoms with van der Waals surface area (Å²) in [6.45, 7) is -0.236. The predicted molar refractivity (Wildman–Crippen MR) is 69.1 cm³/mol. The molecule has 0 fully saturated rings. The Hall–Kier alpha value is -2.38. The van der Waals surface area contributed by atoms with Gasteiger partial charge >= 0.3 is 6.01 Å². The van der Waals surface area contributed by atoms with Gasteiger partial charge in [0.1, 0.15) is 14.5 Å². The highest BCUT2D eigenvalue weighted by atomic mass is 19.1. The highest BCUT2D eigenvalue weighted by Crippen LogP contribution is 2.19. The van der Waals surface area contributed by atoms with Crippen LogP contribution in [0.5, 0.6) is 11.8 Å². The number of anilines is 1. The van der Waals surface area contributed by atoms with E-state index in [0.717, 1.165) is 6.20 Å². The highest BCUT2D eigenvalue weighted by molar-refractivity contribution is 6.33. The third-order valence-corrected chi connectivity index (χ3v) is 2.56. The average Bonchev–Trinajstić information content (AvgIpc) is 2.42. The normalized spacial score (nSPS) is 10.3. The second-order valence-corrected chi connectivity index (χ2v) is 3.82. The Labute approximate surface area is 115 Å². The maximum absolute atomic E-state index is 14.0. The van der Waals surface area contributed by atoms with E-state index in [4.69, 9.17) is 23.1 Å². The van der Waals surface area contributed by atoms with Crippen molar-refractivity contribution in [3.05, 3.63) is 35.5 Å². The first-order valence-corrected chi connectivity index (χ1v) is 5.54. The zero-order chi connectivity index (χ0) is 14.7. The lowest BCUT2D eigenvalue weighted by Crippen LogP contribution is -2.16. The van der Waals surface area contributed by atoms with Crippen molar-refractivity contribution in [2.75, 3.05) is 12.8 Å². The van der Waals surface area contributed by atoms with Crippen molar-refractivity contribution in [3.8, 4) is 11.8 Å². The number of nitrogens with two attached hydrogens (primary N) is 1. The van der Waals surface area contributed by atoms with Crippen LogP contribution in [0, 0.1) is 11.6 Å². The Morgan fingerprint density at radius 1 is 1.35 bits per heavy atom. The molecule has 1 aromatic carbocycles. The number of rotatable bonds is 4. The maximum Gasteiger partial charge on any atom is 0.318 e. The van der Waals surface area contributed by atoms with Crippen molar-refractivity contribution in [2.45, 2.75) is 6.61 Å². The van der Waals surface area contributed by atoms with Gasteiger partial charge in [-0.3, -0.25) is 0 Å². The van der Waals surface area contributed by atoms with Gasteiger partial charge in [-0.25, -0.2) is 13.8 Å². The molecule has 0 aliphatic rings. The van der Waals surface area contributed by atoms with Crippen LogP contribution in [0.4, 0.5) is 14.6 Å². The van der Waals surface area contributed by atoms with Crippen LogP contribution in [0.1, 0.15) is 5.56 Å². The zero-order valence-corrected chi connectivity index (χ0v) is 10.6. The summed E-state index contributed by atoms with van der Waals surface area (Å²) < 4.78 is 36.8. The van der Waals surface area contributed by atoms with Crippen LogP contribution in [0.25, 0.3) is 0 Å². The fraction of sp³-hybridized carbons (Fsp3) is 0.167. The summed E-state index contributed by atoms with van der Waals surface area (Å²) in [5.41, 5.74) is 5.56. The predicted octanol–water partition coefficient (Wildman–Crippen LogP) is 0.718. The third kappa shape index (κ3) is 2.79. The molecule has 1 heterocycles. The molecule has 0 amide bonds. The first kappa shape index (κ1) is 14.0. The van der Waals surface area contributed by atoms with Crippen molar-refractivity contribution in [1.82, 2.24) is 9.97 Å². The first-order chi connectivity index (χ1) is 9.52. The van der Waals surface area contributed by atoms with Gasteiger partial charge < -0.3 is 15.2 Å². The van der Waals surface area contributed by atoms with Crippen molar-refractivity contribution >= 4 is 19.1 Å². The van der Waals surface area contributed by atoms with Crippen LogP contribution >= 0.6 is 0 Å². The Balaban J connectivity index is 2.20. The van der Waals surface area contributed by atoms with Crippen LogP contribution in [-0.2, 0) is 6.61 Å². The number of ether oxygens (including phenoxy) is 2. The van der Waals surface area contributed by atoms with Gasteiger partial charge in [-0.05, 0) is 6.07 Å². The minimum absolute atomic E-state index is 0.0392. The van der Waals surface area contributed by atoms with E-state index >= 15 is 0 Å². The third-order valence-electron chi connectivity index (χ3n) is 2.56. The lowest BCUT2D eigenvalue weighted by molar-refractivity contribution is 0.273. The molecule has 0 aliphatic carbocycles. The zero-order valence-electron chi connectivity index (χ0n) is 10.6. The molecule has 8 heteroatoms. The van der Waals surface area contributed by atoms with Crippen LogP contribution in [0.15, 0.2) is 18.3 Å². The van der Waals surface area contributed by atoms with Gasteiger partial charge in [-0.1, -0.05) is 11.5 Å². The van der Waals surface area contributed by atoms with Crippen molar-refractivity contribution in [2.24, 2.45) is 0 Å². The van der Waals surface area contributed by atoms with Gasteiger partial charge in [-0.2, -0.15) is 4.98 Å². The van der Waals surface area contributed by atoms with Gasteiger partial charge in [0.2, 0.25) is 0 Å². The largest absolute Gasteiger partial charge is 0.494 e. The Morgan fingerprint density at radius 2 is 2.10 bits per heavy atom. The molecular formula is C12H10BF2N3O2. The summed E-state index contributed by atoms with van der Waals surface area (Å²) in [7, 11) is 7.00. The minimum atomic E-state index is -0.760. The maximum atomic E-state index is 14.0. The smallest absolute Gasteiger partial charge is 0.318 e. The highest BCUT2D eigenvalue weighted by Gasteiger charge is 2.13. The fourth-order valence-electron chi connectivity index (χ4n) is 1.49. The molecule has 2 radical (unpaired) electrons. The van der Waals surface area contributed by atoms with E-state index in [1.165, 1.54) is 19.2 Å². The second-order valence-electron chi connectivity index (χ2n) is 3.82. The molecular weight excluding hydrogens is 267 g/mol. The molecule has 0 aliphatic heterocycles. The number of nitrogens with zero attached hydrogens (tertiary/aromatic N) is 2. The van der Waals surface area contributed by atoms with Gasteiger partial charge in [0.15, 0.2) is 23.2 Å². The molecule has 102 valence electrons. The molecule has 0 unspecified atom stereocenters. The van der Waals surface area contributed by atoms with E-state index in [0.29, 0.717) is 0 Å². The van der Waals surface area contributed by atoms with E-state index in [9.17, 15) is 8.78 Å². The number of benzene rings is 1. The fourth-order valence-corrected chi connectivity index (χ4v) is 1.49. The van der Waals surface area contributed by atoms with Gasteiger partial charge in [0.05, 0.1) is 13.3 Å². The number of hydrogen-bond acceptors (Lipinski definition) is 5. The Bertz CT molecular complexity index is 640. The number of hydrogen-bond donors (Lipinski definition) is 1. The molecule has 0 bridgehead atoms. The van der Waals surface area contributed by atoms with E-state index in [1.54, 1.807) is 0 Å². The van der Waals surface area contributed by atoms with Gasteiger partial charge in [-0.15, -0.1) is 0 Å². The minimum Gasteiger partial charge on any atom is -0.494 e. The summed E-state index contributed by atoms with van der Waals surface area (Å²) in [6, 6.07) is 2.71. The van der Waals surface area contributed by atoms with E-state index in [-0.39, 0.29) is 35.2 Å². The number of nitrogen functional groups attached to an aromatic ring is 1. The molecule has 0 atom stereocenters.